The van der Waals surface area contributed by atoms with Crippen molar-refractivity contribution in [1.29, 1.82) is 0 Å². The first-order chi connectivity index (χ1) is 13.9. The van der Waals surface area contributed by atoms with Crippen LogP contribution in [0.5, 0.6) is 5.75 Å². The number of nitrogens with zero attached hydrogens (tertiary/aromatic N) is 1. The average molecular weight is 423 g/mol. The van der Waals surface area contributed by atoms with Crippen molar-refractivity contribution in [3.63, 3.8) is 0 Å². The van der Waals surface area contributed by atoms with Crippen molar-refractivity contribution in [2.45, 2.75) is 75.7 Å². The normalized spacial score (nSPS) is 34.1. The third-order valence-electron chi connectivity index (χ3n) is 6.61. The highest BCUT2D eigenvalue weighted by Gasteiger charge is 2.36. The molecule has 7 heteroatoms. The van der Waals surface area contributed by atoms with Gasteiger partial charge >= 0.3 is 0 Å². The number of nitrogens with one attached hydrogen (secondary N) is 1. The number of hydrogen-bond acceptors (Lipinski definition) is 5. The van der Waals surface area contributed by atoms with Crippen molar-refractivity contribution in [2.75, 3.05) is 26.0 Å². The zero-order valence-corrected chi connectivity index (χ0v) is 18.4. The third-order valence-corrected chi connectivity index (χ3v) is 7.35. The quantitative estimate of drug-likeness (QED) is 0.794. The van der Waals surface area contributed by atoms with Crippen LogP contribution in [0, 0.1) is 0 Å². The number of fused-ring (bicyclic) bond motifs is 5. The van der Waals surface area contributed by atoms with E-state index < -0.39 is 10.0 Å². The van der Waals surface area contributed by atoms with Crippen LogP contribution in [0.1, 0.15) is 56.9 Å². The van der Waals surface area contributed by atoms with Gasteiger partial charge in [0, 0.05) is 18.6 Å². The van der Waals surface area contributed by atoms with Gasteiger partial charge in [-0.25, -0.2) is 13.1 Å². The van der Waals surface area contributed by atoms with E-state index in [2.05, 4.69) is 34.7 Å². The second-order valence-electron chi connectivity index (χ2n) is 8.97. The Morgan fingerprint density at radius 3 is 2.62 bits per heavy atom. The molecule has 29 heavy (non-hydrogen) atoms. The molecule has 0 amide bonds. The maximum absolute atomic E-state index is 11.9. The molecule has 5 rings (SSSR count). The summed E-state index contributed by atoms with van der Waals surface area (Å²) in [6, 6.07) is 8.39. The van der Waals surface area contributed by atoms with Gasteiger partial charge in [0.2, 0.25) is 10.0 Å². The topological polar surface area (TPSA) is 67.9 Å². The number of para-hydroxylation sites is 1. The smallest absolute Gasteiger partial charge is 0.209 e. The number of ether oxygens (including phenoxy) is 2. The minimum absolute atomic E-state index is 0.0218. The highest BCUT2D eigenvalue weighted by Crippen LogP contribution is 2.39. The van der Waals surface area contributed by atoms with Gasteiger partial charge < -0.3 is 9.47 Å². The number of benzene rings is 1. The van der Waals surface area contributed by atoms with E-state index in [0.29, 0.717) is 12.5 Å². The fourth-order valence-corrected chi connectivity index (χ4v) is 6.10. The molecule has 162 valence electrons. The van der Waals surface area contributed by atoms with E-state index in [9.17, 15) is 8.42 Å². The molecule has 0 radical (unpaired) electrons. The Kier molecular flexibility index (Phi) is 6.49. The van der Waals surface area contributed by atoms with Crippen LogP contribution in [-0.4, -0.2) is 63.6 Å². The van der Waals surface area contributed by atoms with Crippen LogP contribution < -0.4 is 9.46 Å². The Bertz CT molecular complexity index is 792. The van der Waals surface area contributed by atoms with Gasteiger partial charge in [-0.2, -0.15) is 0 Å². The molecule has 6 nitrogen and oxygen atoms in total. The number of hydrogen-bond donors (Lipinski definition) is 1. The van der Waals surface area contributed by atoms with Crippen molar-refractivity contribution in [2.24, 2.45) is 0 Å². The summed E-state index contributed by atoms with van der Waals surface area (Å²) in [5.74, 6) is 1.53. The lowest BCUT2D eigenvalue weighted by atomic mass is 9.82. The van der Waals surface area contributed by atoms with Crippen LogP contribution in [-0.2, 0) is 14.8 Å². The minimum atomic E-state index is -3.26. The van der Waals surface area contributed by atoms with E-state index in [-0.39, 0.29) is 24.3 Å². The number of piperidine rings is 1. The molecule has 0 spiro atoms. The van der Waals surface area contributed by atoms with Crippen molar-refractivity contribution in [1.82, 2.24) is 9.62 Å². The van der Waals surface area contributed by atoms with E-state index in [1.165, 1.54) is 11.8 Å². The second kappa shape index (κ2) is 8.92. The van der Waals surface area contributed by atoms with Gasteiger partial charge in [0.1, 0.15) is 11.9 Å². The molecule has 1 N–H and O–H groups in total. The predicted octanol–water partition coefficient (Wildman–Crippen LogP) is 2.89. The van der Waals surface area contributed by atoms with Gasteiger partial charge in [-0.15, -0.1) is 0 Å². The van der Waals surface area contributed by atoms with E-state index in [1.54, 1.807) is 0 Å². The van der Waals surface area contributed by atoms with Gasteiger partial charge in [0.25, 0.3) is 0 Å². The second-order valence-corrected chi connectivity index (χ2v) is 10.8. The van der Waals surface area contributed by atoms with E-state index >= 15 is 0 Å². The van der Waals surface area contributed by atoms with Crippen LogP contribution in [0.15, 0.2) is 24.3 Å². The first-order valence-electron chi connectivity index (χ1n) is 11.0. The SMILES string of the molecule is C[C@H]1CN2CCC[C@H](NS(C)(=O)=O)[C@@H]2CO[C@H]2CC[C@H](CC2)c2ccccc2O1. The van der Waals surface area contributed by atoms with Crippen molar-refractivity contribution < 1.29 is 17.9 Å². The van der Waals surface area contributed by atoms with Gasteiger partial charge in [-0.3, -0.25) is 4.90 Å². The Balaban J connectivity index is 1.60. The van der Waals surface area contributed by atoms with Crippen LogP contribution in [0.2, 0.25) is 0 Å². The van der Waals surface area contributed by atoms with Crippen LogP contribution in [0.4, 0.5) is 0 Å². The molecule has 3 heterocycles. The number of rotatable bonds is 2. The average Bonchev–Trinajstić information content (AvgIpc) is 2.68. The van der Waals surface area contributed by atoms with Crippen molar-refractivity contribution in [3.8, 4) is 5.75 Å². The summed E-state index contributed by atoms with van der Waals surface area (Å²) >= 11 is 0. The summed E-state index contributed by atoms with van der Waals surface area (Å²) in [4.78, 5) is 2.37. The molecule has 2 bridgehead atoms. The fourth-order valence-electron chi connectivity index (χ4n) is 5.27. The van der Waals surface area contributed by atoms with Gasteiger partial charge in [-0.05, 0) is 69.5 Å². The van der Waals surface area contributed by atoms with Crippen molar-refractivity contribution >= 4 is 10.0 Å². The summed E-state index contributed by atoms with van der Waals surface area (Å²) in [7, 11) is -3.26. The molecule has 3 aliphatic heterocycles. The molecule has 0 aromatic heterocycles. The lowest BCUT2D eigenvalue weighted by molar-refractivity contribution is -0.0323. The molecule has 4 aliphatic rings. The zero-order chi connectivity index (χ0) is 20.4. The maximum Gasteiger partial charge on any atom is 0.209 e. The first kappa shape index (κ1) is 21.1. The van der Waals surface area contributed by atoms with Crippen LogP contribution in [0.3, 0.4) is 0 Å². The molecule has 3 atom stereocenters. The van der Waals surface area contributed by atoms with E-state index in [4.69, 9.17) is 9.47 Å². The van der Waals surface area contributed by atoms with E-state index in [1.807, 2.05) is 6.07 Å². The first-order valence-corrected chi connectivity index (χ1v) is 12.9. The summed E-state index contributed by atoms with van der Waals surface area (Å²) in [6.07, 6.45) is 7.67. The fraction of sp³-hybridized carbons (Fsp3) is 0.727. The Morgan fingerprint density at radius 2 is 1.86 bits per heavy atom. The Morgan fingerprint density at radius 1 is 1.10 bits per heavy atom. The third kappa shape index (κ3) is 5.32. The summed E-state index contributed by atoms with van der Waals surface area (Å²) in [5, 5.41) is 0. The van der Waals surface area contributed by atoms with Gasteiger partial charge in [0.15, 0.2) is 0 Å². The molecule has 2 fully saturated rings. The molecule has 1 aromatic rings. The zero-order valence-electron chi connectivity index (χ0n) is 17.5. The Labute approximate surface area is 175 Å². The van der Waals surface area contributed by atoms with Gasteiger partial charge in [0.05, 0.1) is 19.0 Å². The summed E-state index contributed by atoms with van der Waals surface area (Å²) < 4.78 is 39.5. The molecular weight excluding hydrogens is 388 g/mol. The number of sulfonamides is 1. The molecule has 1 saturated heterocycles. The highest BCUT2D eigenvalue weighted by atomic mass is 32.2. The molecule has 1 aromatic carbocycles. The molecule has 1 aliphatic carbocycles. The van der Waals surface area contributed by atoms with Crippen LogP contribution >= 0.6 is 0 Å². The molecular formula is C22H34N2O4S. The van der Waals surface area contributed by atoms with Gasteiger partial charge in [-0.1, -0.05) is 18.2 Å². The lowest BCUT2D eigenvalue weighted by Crippen LogP contribution is -2.58. The van der Waals surface area contributed by atoms with E-state index in [0.717, 1.165) is 57.4 Å². The molecule has 1 saturated carbocycles. The monoisotopic (exact) mass is 422 g/mol. The predicted molar refractivity (Wildman–Crippen MR) is 114 cm³/mol. The summed E-state index contributed by atoms with van der Waals surface area (Å²) in [5.41, 5.74) is 1.32. The van der Waals surface area contributed by atoms with Crippen LogP contribution in [0.25, 0.3) is 0 Å². The molecule has 0 unspecified atom stereocenters. The standard InChI is InChI=1S/C22H34N2O4S/c1-16-14-24-13-5-7-20(23-29(2,25)26)21(24)15-27-18-11-9-17(10-12-18)19-6-3-4-8-22(19)28-16/h3-4,6,8,16-18,20-21,23H,5,7,9-15H2,1-2H3/t16-,17-,18+,20-,21-/m0/s1. The Hall–Kier alpha value is -1.15. The highest BCUT2D eigenvalue weighted by molar-refractivity contribution is 7.88. The minimum Gasteiger partial charge on any atom is -0.489 e. The van der Waals surface area contributed by atoms with Crippen molar-refractivity contribution in [3.05, 3.63) is 29.8 Å². The summed E-state index contributed by atoms with van der Waals surface area (Å²) in [6.45, 7) is 4.39. The largest absolute Gasteiger partial charge is 0.489 e. The maximum atomic E-state index is 11.9. The lowest BCUT2D eigenvalue weighted by Gasteiger charge is -2.42.